The number of aromatic nitrogens is 2. The predicted octanol–water partition coefficient (Wildman–Crippen LogP) is 4.03. The molecule has 1 aliphatic heterocycles. The molecule has 21 heteroatoms. The number of nitrogens with zero attached hydrogens (tertiary/aromatic N) is 3. The fourth-order valence-electron chi connectivity index (χ4n) is 5.73. The number of carbonyl (C=O) groups excluding carboxylic acids is 4. The Morgan fingerprint density at radius 3 is 1.95 bits per heavy atom. The molecule has 2 aromatic rings. The highest BCUT2D eigenvalue weighted by molar-refractivity contribution is 5.98. The Kier molecular flexibility index (Phi) is 16.6. The molecule has 6 N–H and O–H groups in total. The van der Waals surface area contributed by atoms with Crippen LogP contribution in [0.25, 0.3) is 0 Å². The van der Waals surface area contributed by atoms with Crippen molar-refractivity contribution < 1.29 is 70.1 Å². The summed E-state index contributed by atoms with van der Waals surface area (Å²) >= 11 is 0. The third-order valence-corrected chi connectivity index (χ3v) is 8.50. The molecule has 1 aromatic carbocycles. The van der Waals surface area contributed by atoms with E-state index in [4.69, 9.17) is 30.3 Å². The Morgan fingerprint density at radius 1 is 0.909 bits per heavy atom. The number of benzene rings is 1. The van der Waals surface area contributed by atoms with Gasteiger partial charge in [-0.25, -0.2) is 19.4 Å². The minimum atomic E-state index is -5.08. The van der Waals surface area contributed by atoms with Crippen LogP contribution in [0.15, 0.2) is 42.9 Å². The first kappa shape index (κ1) is 45.9. The number of aliphatic carboxylic acids is 2. The van der Waals surface area contributed by atoms with Crippen molar-refractivity contribution in [1.82, 2.24) is 19.8 Å². The fraction of sp³-hybridized carbons (Fsp3) is 0.559. The summed E-state index contributed by atoms with van der Waals surface area (Å²) in [6, 6.07) is 7.02. The van der Waals surface area contributed by atoms with Gasteiger partial charge in [0.1, 0.15) is 18.1 Å². The number of ether oxygens (including phenoxy) is 1. The van der Waals surface area contributed by atoms with Gasteiger partial charge in [-0.1, -0.05) is 62.4 Å². The number of nitrogens with one attached hydrogen (secondary N) is 2. The molecule has 3 atom stereocenters. The molecule has 2 aliphatic rings. The molecule has 2 heterocycles. The smallest absolute Gasteiger partial charge is 0.475 e. The van der Waals surface area contributed by atoms with Crippen LogP contribution in [0.2, 0.25) is 0 Å². The number of likely N-dealkylation sites (tertiary alicyclic amines) is 1. The summed E-state index contributed by atoms with van der Waals surface area (Å²) in [5, 5.41) is 19.9. The van der Waals surface area contributed by atoms with E-state index in [1.807, 2.05) is 30.3 Å². The molecule has 306 valence electrons. The monoisotopic (exact) mass is 794 g/mol. The number of rotatable bonds is 10. The average molecular weight is 795 g/mol. The van der Waals surface area contributed by atoms with E-state index in [1.54, 1.807) is 29.5 Å². The van der Waals surface area contributed by atoms with Crippen molar-refractivity contribution in [1.29, 1.82) is 0 Å². The molecule has 1 aromatic heterocycles. The van der Waals surface area contributed by atoms with Crippen molar-refractivity contribution in [2.45, 2.75) is 101 Å². The number of carbonyl (C=O) groups is 6. The number of nitrogens with two attached hydrogens (primary N) is 1. The number of esters is 1. The number of amides is 3. The maximum Gasteiger partial charge on any atom is 0.490 e. The first-order valence-corrected chi connectivity index (χ1v) is 16.9. The second kappa shape index (κ2) is 19.9. The summed E-state index contributed by atoms with van der Waals surface area (Å²) in [7, 11) is 1.32. The topological polar surface area (TPSA) is 223 Å². The van der Waals surface area contributed by atoms with E-state index in [0.717, 1.165) is 31.2 Å². The summed E-state index contributed by atoms with van der Waals surface area (Å²) in [5.74, 6) is -6.41. The lowest BCUT2D eigenvalue weighted by molar-refractivity contribution is -0.193. The standard InChI is InChI=1S/C30H42N6O5.2C2HF3O2/c1-30(2,31)29(40)33-22(17-20-11-6-4-7-12-20)26(37)34-24-18-35(19-32-24)25(21-13-8-5-9-14-21)27(38)36-16-10-15-23(36)28(39)41-3;2*3-2(4,5)1(6)7/h5,8-9,13-14,18-20,22-23,25H,4,6-7,10-12,15-17,31H2,1-3H3,(H,33,40)(H,34,37);2*(H,6,7)/t22-,23+,25?;;/m1../s1. The third-order valence-electron chi connectivity index (χ3n) is 8.50. The van der Waals surface area contributed by atoms with Crippen molar-refractivity contribution >= 4 is 41.4 Å². The van der Waals surface area contributed by atoms with E-state index >= 15 is 0 Å². The van der Waals surface area contributed by atoms with E-state index < -0.39 is 59.8 Å². The first-order chi connectivity index (χ1) is 25.5. The highest BCUT2D eigenvalue weighted by Crippen LogP contribution is 2.29. The van der Waals surface area contributed by atoms with Gasteiger partial charge in [0.15, 0.2) is 5.82 Å². The van der Waals surface area contributed by atoms with Gasteiger partial charge >= 0.3 is 30.3 Å². The molecule has 0 bridgehead atoms. The largest absolute Gasteiger partial charge is 0.490 e. The van der Waals surface area contributed by atoms with Crippen molar-refractivity contribution in [3.05, 3.63) is 48.4 Å². The molecular weight excluding hydrogens is 750 g/mol. The predicted molar refractivity (Wildman–Crippen MR) is 181 cm³/mol. The van der Waals surface area contributed by atoms with E-state index in [2.05, 4.69) is 15.6 Å². The summed E-state index contributed by atoms with van der Waals surface area (Å²) in [4.78, 5) is 76.1. The van der Waals surface area contributed by atoms with Gasteiger partial charge in [-0.05, 0) is 44.6 Å². The molecule has 55 heavy (non-hydrogen) atoms. The van der Waals surface area contributed by atoms with Crippen LogP contribution in [0.5, 0.6) is 0 Å². The minimum Gasteiger partial charge on any atom is -0.475 e. The number of imidazole rings is 1. The van der Waals surface area contributed by atoms with Crippen LogP contribution in [0.3, 0.4) is 0 Å². The highest BCUT2D eigenvalue weighted by Gasteiger charge is 2.40. The summed E-state index contributed by atoms with van der Waals surface area (Å²) in [5.41, 5.74) is 5.59. The average Bonchev–Trinajstić information content (AvgIpc) is 3.78. The SMILES string of the molecule is COC(=O)[C@@H]1CCCN1C(=O)C(c1ccccc1)n1cnc(NC(=O)[C@@H](CC2CCCCC2)NC(=O)C(C)(C)N)c1.O=C(O)C(F)(F)F.O=C(O)C(F)(F)F. The quantitative estimate of drug-likeness (QED) is 0.171. The van der Waals surface area contributed by atoms with Crippen LogP contribution in [-0.2, 0) is 33.5 Å². The highest BCUT2D eigenvalue weighted by atomic mass is 19.4. The number of alkyl halides is 6. The summed E-state index contributed by atoms with van der Waals surface area (Å²) in [6.07, 6.45) is 0.134. The molecule has 1 saturated carbocycles. The molecule has 1 unspecified atom stereocenters. The molecule has 2 fully saturated rings. The van der Waals surface area contributed by atoms with E-state index in [-0.39, 0.29) is 17.6 Å². The lowest BCUT2D eigenvalue weighted by Gasteiger charge is -2.28. The zero-order chi connectivity index (χ0) is 41.7. The maximum atomic E-state index is 13.9. The summed E-state index contributed by atoms with van der Waals surface area (Å²) in [6.45, 7) is 3.65. The van der Waals surface area contributed by atoms with Gasteiger partial charge < -0.3 is 40.8 Å². The van der Waals surface area contributed by atoms with Gasteiger partial charge in [0, 0.05) is 12.7 Å². The third kappa shape index (κ3) is 14.5. The molecule has 3 amide bonds. The number of methoxy groups -OCH3 is 1. The van der Waals surface area contributed by atoms with E-state index in [1.165, 1.54) is 19.9 Å². The van der Waals surface area contributed by atoms with Crippen LogP contribution in [0.4, 0.5) is 32.2 Å². The van der Waals surface area contributed by atoms with Gasteiger partial charge in [0.2, 0.25) is 11.8 Å². The number of carboxylic acids is 2. The van der Waals surface area contributed by atoms with Crippen molar-refractivity contribution in [3.8, 4) is 0 Å². The van der Waals surface area contributed by atoms with Crippen molar-refractivity contribution in [3.63, 3.8) is 0 Å². The maximum absolute atomic E-state index is 13.9. The molecule has 4 rings (SSSR count). The number of halogens is 6. The van der Waals surface area contributed by atoms with Crippen LogP contribution < -0.4 is 16.4 Å². The zero-order valence-corrected chi connectivity index (χ0v) is 30.2. The lowest BCUT2D eigenvalue weighted by atomic mass is 9.84. The van der Waals surface area contributed by atoms with Crippen LogP contribution >= 0.6 is 0 Å². The normalized spacial score (nSPS) is 17.3. The molecular formula is C34H44F6N6O9. The number of carboxylic acid groups (broad SMARTS) is 2. The number of anilines is 1. The van der Waals surface area contributed by atoms with Crippen LogP contribution in [0.1, 0.15) is 76.8 Å². The van der Waals surface area contributed by atoms with Gasteiger partial charge in [-0.3, -0.25) is 14.4 Å². The Morgan fingerprint density at radius 2 is 1.45 bits per heavy atom. The number of hydrogen-bond acceptors (Lipinski definition) is 9. The van der Waals surface area contributed by atoms with Crippen molar-refractivity contribution in [2.24, 2.45) is 11.7 Å². The Balaban J connectivity index is 0.000000633. The second-order valence-corrected chi connectivity index (χ2v) is 13.3. The zero-order valence-electron chi connectivity index (χ0n) is 30.2. The molecule has 15 nitrogen and oxygen atoms in total. The first-order valence-electron chi connectivity index (χ1n) is 16.9. The summed E-state index contributed by atoms with van der Waals surface area (Å²) < 4.78 is 70.1. The van der Waals surface area contributed by atoms with Gasteiger partial charge in [0.05, 0.1) is 19.0 Å². The number of hydrogen-bond donors (Lipinski definition) is 5. The van der Waals surface area contributed by atoms with E-state index in [0.29, 0.717) is 31.7 Å². The Bertz CT molecular complexity index is 1600. The molecule has 0 radical (unpaired) electrons. The second-order valence-electron chi connectivity index (χ2n) is 13.3. The molecule has 1 saturated heterocycles. The van der Waals surface area contributed by atoms with Crippen LogP contribution in [-0.4, -0.2) is 104 Å². The Labute approximate surface area is 311 Å². The minimum absolute atomic E-state index is 0.254. The molecule has 0 spiro atoms. The van der Waals surface area contributed by atoms with E-state index in [9.17, 15) is 45.5 Å². The van der Waals surface area contributed by atoms with Gasteiger partial charge in [0.25, 0.3) is 5.91 Å². The fourth-order valence-corrected chi connectivity index (χ4v) is 5.73. The van der Waals surface area contributed by atoms with Gasteiger partial charge in [-0.15, -0.1) is 0 Å². The van der Waals surface area contributed by atoms with Crippen molar-refractivity contribution in [2.75, 3.05) is 19.0 Å². The lowest BCUT2D eigenvalue weighted by Crippen LogP contribution is -2.55. The van der Waals surface area contributed by atoms with Crippen LogP contribution in [0, 0.1) is 5.92 Å². The molecule has 1 aliphatic carbocycles. The van der Waals surface area contributed by atoms with Gasteiger partial charge in [-0.2, -0.15) is 26.3 Å². The Hall–Kier alpha value is -5.21.